The molecule has 4 N–H and O–H groups in total. The molecule has 2 aromatic carbocycles. The van der Waals surface area contributed by atoms with Crippen molar-refractivity contribution in [1.29, 1.82) is 0 Å². The number of aromatic amines is 1. The third-order valence-corrected chi connectivity index (χ3v) is 4.76. The first-order valence-electron chi connectivity index (χ1n) is 9.14. The van der Waals surface area contributed by atoms with E-state index in [0.717, 1.165) is 48.8 Å². The molecule has 0 spiro atoms. The highest BCUT2D eigenvalue weighted by Gasteiger charge is 2.23. The molecule has 0 saturated carbocycles. The van der Waals surface area contributed by atoms with E-state index in [-0.39, 0.29) is 5.92 Å². The highest BCUT2D eigenvalue weighted by atomic mass is 16.5. The number of rotatable bonds is 5. The van der Waals surface area contributed by atoms with Crippen LogP contribution in [0.4, 0.5) is 0 Å². The largest absolute Gasteiger partial charge is 0.457 e. The van der Waals surface area contributed by atoms with Gasteiger partial charge in [0.25, 0.3) is 5.91 Å². The molecular formula is C21H22N4O2. The highest BCUT2D eigenvalue weighted by Crippen LogP contribution is 2.29. The molecule has 4 rings (SSSR count). The van der Waals surface area contributed by atoms with Crippen LogP contribution in [0.5, 0.6) is 11.5 Å². The molecule has 0 aliphatic carbocycles. The number of hydrogen-bond acceptors (Lipinski definition) is 4. The molecule has 27 heavy (non-hydrogen) atoms. The highest BCUT2D eigenvalue weighted by molar-refractivity contribution is 5.97. The monoisotopic (exact) mass is 362 g/mol. The Bertz CT molecular complexity index is 913. The molecule has 1 aliphatic heterocycles. The molecule has 138 valence electrons. The van der Waals surface area contributed by atoms with Crippen LogP contribution in [0.15, 0.2) is 54.6 Å². The summed E-state index contributed by atoms with van der Waals surface area (Å²) in [5.41, 5.74) is 7.35. The van der Waals surface area contributed by atoms with Crippen LogP contribution < -0.4 is 15.8 Å². The molecule has 2 heterocycles. The number of aromatic nitrogens is 2. The van der Waals surface area contributed by atoms with Crippen molar-refractivity contribution < 1.29 is 9.53 Å². The number of primary amides is 1. The van der Waals surface area contributed by atoms with Gasteiger partial charge in [0, 0.05) is 18.0 Å². The lowest BCUT2D eigenvalue weighted by molar-refractivity contribution is 0.0996. The quantitative estimate of drug-likeness (QED) is 0.648. The van der Waals surface area contributed by atoms with E-state index in [0.29, 0.717) is 11.4 Å². The summed E-state index contributed by atoms with van der Waals surface area (Å²) in [6.07, 6.45) is 2.14. The van der Waals surface area contributed by atoms with Crippen molar-refractivity contribution in [3.8, 4) is 22.8 Å². The number of hydrogen-bond donors (Lipinski definition) is 3. The van der Waals surface area contributed by atoms with Gasteiger partial charge < -0.3 is 20.8 Å². The van der Waals surface area contributed by atoms with Crippen LogP contribution >= 0.6 is 0 Å². The fraction of sp³-hybridized carbons (Fsp3) is 0.238. The topological polar surface area (TPSA) is 93.0 Å². The molecular weight excluding hydrogens is 340 g/mol. The van der Waals surface area contributed by atoms with Gasteiger partial charge in [0.2, 0.25) is 0 Å². The Balaban J connectivity index is 1.60. The van der Waals surface area contributed by atoms with Crippen molar-refractivity contribution in [2.45, 2.75) is 18.8 Å². The van der Waals surface area contributed by atoms with Crippen molar-refractivity contribution in [1.82, 2.24) is 15.3 Å². The Kier molecular flexibility index (Phi) is 4.89. The number of nitrogens with zero attached hydrogens (tertiary/aromatic N) is 1. The molecule has 0 radical (unpaired) electrons. The van der Waals surface area contributed by atoms with E-state index < -0.39 is 5.91 Å². The Morgan fingerprint density at radius 3 is 2.48 bits per heavy atom. The van der Waals surface area contributed by atoms with E-state index in [9.17, 15) is 4.79 Å². The first-order valence-corrected chi connectivity index (χ1v) is 9.14. The average Bonchev–Trinajstić information content (AvgIpc) is 3.16. The zero-order valence-corrected chi connectivity index (χ0v) is 14.9. The summed E-state index contributed by atoms with van der Waals surface area (Å²) in [6, 6.07) is 17.1. The predicted molar refractivity (Wildman–Crippen MR) is 104 cm³/mol. The summed E-state index contributed by atoms with van der Waals surface area (Å²) in [4.78, 5) is 19.8. The number of H-pyrrole nitrogens is 1. The second-order valence-corrected chi connectivity index (χ2v) is 6.69. The number of nitrogens with one attached hydrogen (secondary N) is 2. The van der Waals surface area contributed by atoms with E-state index in [1.165, 1.54) is 0 Å². The van der Waals surface area contributed by atoms with Gasteiger partial charge in [-0.1, -0.05) is 18.2 Å². The van der Waals surface area contributed by atoms with Crippen LogP contribution in [-0.2, 0) is 0 Å². The lowest BCUT2D eigenvalue weighted by atomic mass is 9.99. The number of ether oxygens (including phenoxy) is 1. The maximum Gasteiger partial charge on any atom is 0.267 e. The summed E-state index contributed by atoms with van der Waals surface area (Å²) in [7, 11) is 0. The van der Waals surface area contributed by atoms with Crippen LogP contribution in [0.3, 0.4) is 0 Å². The summed E-state index contributed by atoms with van der Waals surface area (Å²) in [5, 5.41) is 3.37. The molecule has 1 atom stereocenters. The summed E-state index contributed by atoms with van der Waals surface area (Å²) in [6.45, 7) is 1.88. The fourth-order valence-electron chi connectivity index (χ4n) is 3.36. The number of imidazole rings is 1. The first kappa shape index (κ1) is 17.3. The summed E-state index contributed by atoms with van der Waals surface area (Å²) in [5.74, 6) is 2.08. The number of para-hydroxylation sites is 1. The molecule has 0 unspecified atom stereocenters. The van der Waals surface area contributed by atoms with Gasteiger partial charge in [-0.05, 0) is 55.8 Å². The lowest BCUT2D eigenvalue weighted by Crippen LogP contribution is -2.29. The second kappa shape index (κ2) is 7.63. The van der Waals surface area contributed by atoms with Crippen molar-refractivity contribution in [2.24, 2.45) is 5.73 Å². The van der Waals surface area contributed by atoms with Crippen LogP contribution in [0.25, 0.3) is 11.3 Å². The summed E-state index contributed by atoms with van der Waals surface area (Å²) >= 11 is 0. The lowest BCUT2D eigenvalue weighted by Gasteiger charge is -2.20. The van der Waals surface area contributed by atoms with Gasteiger partial charge >= 0.3 is 0 Å². The Labute approximate surface area is 157 Å². The number of nitrogens with two attached hydrogens (primary N) is 1. The molecule has 6 nitrogen and oxygen atoms in total. The third kappa shape index (κ3) is 3.85. The molecule has 3 aromatic rings. The molecule has 1 amide bonds. The molecule has 1 fully saturated rings. The Hall–Kier alpha value is -3.12. The maximum atomic E-state index is 11.9. The molecule has 1 aliphatic rings. The van der Waals surface area contributed by atoms with Crippen LogP contribution in [-0.4, -0.2) is 29.0 Å². The predicted octanol–water partition coefficient (Wildman–Crippen LogP) is 3.43. The Morgan fingerprint density at radius 1 is 1.07 bits per heavy atom. The van der Waals surface area contributed by atoms with E-state index in [2.05, 4.69) is 10.3 Å². The van der Waals surface area contributed by atoms with E-state index in [1.54, 1.807) is 0 Å². The zero-order chi connectivity index (χ0) is 18.6. The zero-order valence-electron chi connectivity index (χ0n) is 14.9. The van der Waals surface area contributed by atoms with E-state index >= 15 is 0 Å². The number of carbonyl (C=O) groups excluding carboxylic acids is 1. The van der Waals surface area contributed by atoms with Gasteiger partial charge in [0.05, 0.1) is 0 Å². The minimum Gasteiger partial charge on any atom is -0.457 e. The standard InChI is InChI=1S/C21H22N4O2/c22-20(26)19-18(24-21(25-19)15-5-4-12-23-13-15)14-8-10-17(11-9-14)27-16-6-2-1-3-7-16/h1-3,6-11,15,23H,4-5,12-13H2,(H2,22,26)(H,24,25)/t15-/m1/s1. The second-order valence-electron chi connectivity index (χ2n) is 6.69. The molecule has 1 saturated heterocycles. The summed E-state index contributed by atoms with van der Waals surface area (Å²) < 4.78 is 5.82. The van der Waals surface area contributed by atoms with Crippen molar-refractivity contribution in [2.75, 3.05) is 13.1 Å². The normalized spacial score (nSPS) is 16.8. The van der Waals surface area contributed by atoms with Gasteiger partial charge in [-0.15, -0.1) is 0 Å². The molecule has 0 bridgehead atoms. The van der Waals surface area contributed by atoms with Gasteiger partial charge in [-0.2, -0.15) is 0 Å². The minimum atomic E-state index is -0.503. The molecule has 6 heteroatoms. The van der Waals surface area contributed by atoms with Crippen LogP contribution in [0, 0.1) is 0 Å². The van der Waals surface area contributed by atoms with Gasteiger partial charge in [0.15, 0.2) is 0 Å². The van der Waals surface area contributed by atoms with Crippen LogP contribution in [0.2, 0.25) is 0 Å². The fourth-order valence-corrected chi connectivity index (χ4v) is 3.36. The number of benzene rings is 2. The number of carbonyl (C=O) groups is 1. The van der Waals surface area contributed by atoms with Crippen molar-refractivity contribution >= 4 is 5.91 Å². The average molecular weight is 362 g/mol. The maximum absolute atomic E-state index is 11.9. The smallest absolute Gasteiger partial charge is 0.267 e. The van der Waals surface area contributed by atoms with Crippen molar-refractivity contribution in [3.05, 3.63) is 66.1 Å². The van der Waals surface area contributed by atoms with Crippen LogP contribution in [0.1, 0.15) is 35.1 Å². The molecule has 1 aromatic heterocycles. The SMILES string of the molecule is NC(=O)c1[nH]c([C@@H]2CCCNC2)nc1-c1ccc(Oc2ccccc2)cc1. The van der Waals surface area contributed by atoms with Crippen molar-refractivity contribution in [3.63, 3.8) is 0 Å². The Morgan fingerprint density at radius 2 is 1.81 bits per heavy atom. The number of amides is 1. The number of piperidine rings is 1. The first-order chi connectivity index (χ1) is 13.2. The van der Waals surface area contributed by atoms with E-state index in [4.69, 9.17) is 15.5 Å². The van der Waals surface area contributed by atoms with Gasteiger partial charge in [0.1, 0.15) is 28.7 Å². The minimum absolute atomic E-state index is 0.270. The van der Waals surface area contributed by atoms with Gasteiger partial charge in [-0.25, -0.2) is 4.98 Å². The van der Waals surface area contributed by atoms with E-state index in [1.807, 2.05) is 54.6 Å². The third-order valence-electron chi connectivity index (χ3n) is 4.76. The van der Waals surface area contributed by atoms with Gasteiger partial charge in [-0.3, -0.25) is 4.79 Å².